The number of hydrogen-bond donors (Lipinski definition) is 4. The maximum atomic E-state index is 14.3. The van der Waals surface area contributed by atoms with Crippen LogP contribution in [0, 0.1) is 13.8 Å². The average molecular weight is 630 g/mol. The van der Waals surface area contributed by atoms with Gasteiger partial charge in [-0.3, -0.25) is 9.59 Å². The summed E-state index contributed by atoms with van der Waals surface area (Å²) in [4.78, 5) is 55.4. The van der Waals surface area contributed by atoms with Gasteiger partial charge in [-0.2, -0.15) is 12.6 Å². The third-order valence-electron chi connectivity index (χ3n) is 6.59. The number of thiol groups is 1. The van der Waals surface area contributed by atoms with Gasteiger partial charge in [-0.15, -0.1) is 0 Å². The van der Waals surface area contributed by atoms with Gasteiger partial charge in [0.1, 0.15) is 29.3 Å². The second kappa shape index (κ2) is 15.9. The van der Waals surface area contributed by atoms with Crippen LogP contribution in [0.3, 0.4) is 0 Å². The molecule has 2 aromatic carbocycles. The van der Waals surface area contributed by atoms with Crippen molar-refractivity contribution in [3.63, 3.8) is 0 Å². The summed E-state index contributed by atoms with van der Waals surface area (Å²) in [5.41, 5.74) is 1.31. The van der Waals surface area contributed by atoms with E-state index in [-0.39, 0.29) is 18.7 Å². The van der Waals surface area contributed by atoms with Gasteiger partial charge in [0.25, 0.3) is 0 Å². The van der Waals surface area contributed by atoms with E-state index < -0.39 is 59.8 Å². The number of nitrogens with one attached hydrogen (secondary N) is 2. The van der Waals surface area contributed by atoms with E-state index in [1.807, 2.05) is 50.2 Å². The molecule has 0 radical (unpaired) electrons. The van der Waals surface area contributed by atoms with Gasteiger partial charge in [0, 0.05) is 18.7 Å². The summed E-state index contributed by atoms with van der Waals surface area (Å²) in [5.74, 6) is -2.04. The number of carbonyl (C=O) groups is 4. The Morgan fingerprint density at radius 1 is 0.864 bits per heavy atom. The van der Waals surface area contributed by atoms with E-state index in [4.69, 9.17) is 9.47 Å². The summed E-state index contributed by atoms with van der Waals surface area (Å²) in [6.07, 6.45) is -0.677. The SMILES string of the molecule is Cc1cccc(C(C(=O)NC(Cc2ccccc2)C(=O)OC(C)(C)C)N(CCO)C(=O)C(CS)NC(=O)OC(C)(C)C)c1C. The monoisotopic (exact) mass is 629 g/mol. The molecule has 3 N–H and O–H groups in total. The Balaban J connectivity index is 2.58. The van der Waals surface area contributed by atoms with E-state index in [0.29, 0.717) is 5.56 Å². The Morgan fingerprint density at radius 2 is 1.48 bits per heavy atom. The highest BCUT2D eigenvalue weighted by atomic mass is 32.1. The number of ether oxygens (including phenoxy) is 2. The second-order valence-electron chi connectivity index (χ2n) is 12.6. The van der Waals surface area contributed by atoms with Crippen molar-refractivity contribution in [1.82, 2.24) is 15.5 Å². The lowest BCUT2D eigenvalue weighted by Crippen LogP contribution is -2.56. The quantitative estimate of drug-likeness (QED) is 0.206. The fourth-order valence-electron chi connectivity index (χ4n) is 4.50. The summed E-state index contributed by atoms with van der Waals surface area (Å²) >= 11 is 4.28. The Hall–Kier alpha value is -3.57. The normalized spacial score (nSPS) is 13.7. The van der Waals surface area contributed by atoms with Crippen LogP contribution in [0.15, 0.2) is 48.5 Å². The molecule has 0 heterocycles. The molecule has 0 fully saturated rings. The Labute approximate surface area is 266 Å². The van der Waals surface area contributed by atoms with Crippen LogP contribution in [-0.4, -0.2) is 76.1 Å². The number of esters is 1. The first kappa shape index (κ1) is 36.6. The maximum Gasteiger partial charge on any atom is 0.408 e. The highest BCUT2D eigenvalue weighted by molar-refractivity contribution is 7.80. The first-order valence-corrected chi connectivity index (χ1v) is 15.3. The minimum atomic E-state index is -1.27. The predicted molar refractivity (Wildman–Crippen MR) is 172 cm³/mol. The molecular weight excluding hydrogens is 582 g/mol. The van der Waals surface area contributed by atoms with Crippen LogP contribution in [0.25, 0.3) is 0 Å². The molecule has 0 bridgehead atoms. The molecule has 0 saturated heterocycles. The van der Waals surface area contributed by atoms with Gasteiger partial charge in [0.2, 0.25) is 11.8 Å². The largest absolute Gasteiger partial charge is 0.458 e. The molecule has 0 aromatic heterocycles. The Bertz CT molecular complexity index is 1290. The predicted octanol–water partition coefficient (Wildman–Crippen LogP) is 4.06. The third kappa shape index (κ3) is 11.2. The summed E-state index contributed by atoms with van der Waals surface area (Å²) < 4.78 is 11.0. The number of aryl methyl sites for hydroxylation is 1. The van der Waals surface area contributed by atoms with Crippen molar-refractivity contribution in [1.29, 1.82) is 0 Å². The van der Waals surface area contributed by atoms with Crippen molar-refractivity contribution in [2.45, 2.75) is 91.1 Å². The zero-order valence-electron chi connectivity index (χ0n) is 27.0. The number of alkyl carbamates (subject to hydrolysis) is 1. The van der Waals surface area contributed by atoms with Crippen LogP contribution >= 0.6 is 12.6 Å². The number of hydrogen-bond acceptors (Lipinski definition) is 8. The van der Waals surface area contributed by atoms with Gasteiger partial charge in [0.15, 0.2) is 0 Å². The van der Waals surface area contributed by atoms with Crippen LogP contribution in [0.2, 0.25) is 0 Å². The lowest BCUT2D eigenvalue weighted by Gasteiger charge is -2.35. The molecule has 0 aliphatic rings. The average Bonchev–Trinajstić information content (AvgIpc) is 2.91. The Morgan fingerprint density at radius 3 is 2.02 bits per heavy atom. The van der Waals surface area contributed by atoms with Crippen molar-refractivity contribution in [3.05, 3.63) is 70.8 Å². The molecule has 0 spiro atoms. The molecule has 11 heteroatoms. The third-order valence-corrected chi connectivity index (χ3v) is 6.95. The molecule has 0 saturated carbocycles. The number of aliphatic hydroxyl groups is 1. The van der Waals surface area contributed by atoms with Gasteiger partial charge in [-0.05, 0) is 77.6 Å². The van der Waals surface area contributed by atoms with E-state index in [9.17, 15) is 24.3 Å². The Kier molecular flexibility index (Phi) is 13.3. The van der Waals surface area contributed by atoms with Crippen molar-refractivity contribution in [2.75, 3.05) is 18.9 Å². The highest BCUT2D eigenvalue weighted by Crippen LogP contribution is 2.28. The molecule has 2 aromatic rings. The molecule has 3 atom stereocenters. The number of carbonyl (C=O) groups excluding carboxylic acids is 4. The second-order valence-corrected chi connectivity index (χ2v) is 13.0. The van der Waals surface area contributed by atoms with Crippen LogP contribution in [0.1, 0.15) is 69.8 Å². The standard InChI is InChI=1S/C33H47N3O7S/c1-21-13-12-16-24(22(21)2)27(36(17-18-37)29(39)26(20-44)35-31(41)43-33(6,7)8)28(38)34-25(30(40)42-32(3,4)5)19-23-14-10-9-11-15-23/h9-16,25-27,37,44H,17-20H2,1-8H3,(H,34,38)(H,35,41). The maximum absolute atomic E-state index is 14.3. The van der Waals surface area contributed by atoms with Gasteiger partial charge >= 0.3 is 12.1 Å². The van der Waals surface area contributed by atoms with Crippen LogP contribution < -0.4 is 10.6 Å². The van der Waals surface area contributed by atoms with Gasteiger partial charge in [0.05, 0.1) is 6.61 Å². The molecule has 0 aliphatic heterocycles. The first-order valence-electron chi connectivity index (χ1n) is 14.6. The van der Waals surface area contributed by atoms with E-state index in [0.717, 1.165) is 16.7 Å². The summed E-state index contributed by atoms with van der Waals surface area (Å²) in [5, 5.41) is 15.4. The molecule has 242 valence electrons. The summed E-state index contributed by atoms with van der Waals surface area (Å²) in [6.45, 7) is 13.3. The van der Waals surface area contributed by atoms with E-state index >= 15 is 0 Å². The van der Waals surface area contributed by atoms with Crippen molar-refractivity contribution < 1.29 is 33.8 Å². The highest BCUT2D eigenvalue weighted by Gasteiger charge is 2.38. The van der Waals surface area contributed by atoms with Crippen molar-refractivity contribution >= 4 is 36.5 Å². The van der Waals surface area contributed by atoms with Crippen LogP contribution in [0.5, 0.6) is 0 Å². The fraction of sp³-hybridized carbons (Fsp3) is 0.515. The molecule has 44 heavy (non-hydrogen) atoms. The number of amides is 3. The zero-order chi connectivity index (χ0) is 33.2. The van der Waals surface area contributed by atoms with Crippen LogP contribution in [-0.2, 0) is 30.3 Å². The smallest absolute Gasteiger partial charge is 0.408 e. The van der Waals surface area contributed by atoms with E-state index in [2.05, 4.69) is 23.3 Å². The van der Waals surface area contributed by atoms with E-state index in [1.54, 1.807) is 53.7 Å². The van der Waals surface area contributed by atoms with Crippen molar-refractivity contribution in [3.8, 4) is 0 Å². The number of rotatable bonds is 12. The molecule has 3 unspecified atom stereocenters. The summed E-state index contributed by atoms with van der Waals surface area (Å²) in [6, 6.07) is 11.0. The fourth-order valence-corrected chi connectivity index (χ4v) is 4.74. The van der Waals surface area contributed by atoms with Crippen molar-refractivity contribution in [2.24, 2.45) is 0 Å². The lowest BCUT2D eigenvalue weighted by molar-refractivity contribution is -0.159. The van der Waals surface area contributed by atoms with Gasteiger partial charge < -0.3 is 30.1 Å². The molecule has 3 amide bonds. The van der Waals surface area contributed by atoms with Crippen LogP contribution in [0.4, 0.5) is 4.79 Å². The van der Waals surface area contributed by atoms with Gasteiger partial charge in [-0.25, -0.2) is 9.59 Å². The van der Waals surface area contributed by atoms with Gasteiger partial charge in [-0.1, -0.05) is 48.5 Å². The summed E-state index contributed by atoms with van der Waals surface area (Å²) in [7, 11) is 0. The minimum Gasteiger partial charge on any atom is -0.458 e. The first-order chi connectivity index (χ1) is 20.5. The zero-order valence-corrected chi connectivity index (χ0v) is 27.9. The lowest BCUT2D eigenvalue weighted by atomic mass is 9.94. The molecule has 2 rings (SSSR count). The van der Waals surface area contributed by atoms with E-state index in [1.165, 1.54) is 4.90 Å². The molecule has 0 aliphatic carbocycles. The molecular formula is C33H47N3O7S. The molecule has 10 nitrogen and oxygen atoms in total. The minimum absolute atomic E-state index is 0.102. The number of nitrogens with zero attached hydrogens (tertiary/aromatic N) is 1. The number of aliphatic hydroxyl groups excluding tert-OH is 1. The topological polar surface area (TPSA) is 134 Å². The number of benzene rings is 2.